The number of oxime groups is 1. The summed E-state index contributed by atoms with van der Waals surface area (Å²) in [6, 6.07) is 3.53. The molecule has 0 aliphatic carbocycles. The minimum Gasteiger partial charge on any atom is -0.409 e. The quantitative estimate of drug-likeness (QED) is 0.384. The van der Waals surface area contributed by atoms with Crippen molar-refractivity contribution in [2.75, 3.05) is 0 Å². The Morgan fingerprint density at radius 3 is 2.60 bits per heavy atom. The number of halogens is 3. The van der Waals surface area contributed by atoms with E-state index in [9.17, 15) is 13.2 Å². The molecule has 0 atom stereocenters. The van der Waals surface area contributed by atoms with Crippen LogP contribution < -0.4 is 5.73 Å². The van der Waals surface area contributed by atoms with Crippen LogP contribution in [0.15, 0.2) is 35.7 Å². The molecule has 0 unspecified atom stereocenters. The second-order valence-electron chi connectivity index (χ2n) is 4.06. The van der Waals surface area contributed by atoms with Gasteiger partial charge < -0.3 is 15.5 Å². The normalized spacial score (nSPS) is 12.7. The van der Waals surface area contributed by atoms with E-state index >= 15 is 0 Å². The van der Waals surface area contributed by atoms with E-state index in [0.29, 0.717) is 11.5 Å². The van der Waals surface area contributed by atoms with Gasteiger partial charge in [0.1, 0.15) is 5.82 Å². The van der Waals surface area contributed by atoms with Crippen molar-refractivity contribution >= 4 is 5.84 Å². The number of aromatic nitrogens is 2. The summed E-state index contributed by atoms with van der Waals surface area (Å²) in [6.07, 6.45) is -1.58. The van der Waals surface area contributed by atoms with Gasteiger partial charge in [0.2, 0.25) is 0 Å². The van der Waals surface area contributed by atoms with Gasteiger partial charge in [0, 0.05) is 23.6 Å². The summed E-state index contributed by atoms with van der Waals surface area (Å²) in [5.74, 6) is -0.0408. The molecule has 0 amide bonds. The molecule has 0 aliphatic heterocycles. The van der Waals surface area contributed by atoms with E-state index in [1.807, 2.05) is 0 Å². The zero-order chi connectivity index (χ0) is 14.9. The minimum absolute atomic E-state index is 0.293. The molecule has 0 bridgehead atoms. The van der Waals surface area contributed by atoms with Gasteiger partial charge >= 0.3 is 6.18 Å². The zero-order valence-corrected chi connectivity index (χ0v) is 10.4. The van der Waals surface area contributed by atoms with E-state index in [1.165, 1.54) is 16.8 Å². The van der Waals surface area contributed by atoms with Crippen molar-refractivity contribution in [2.45, 2.75) is 13.1 Å². The van der Waals surface area contributed by atoms with Crippen molar-refractivity contribution in [3.63, 3.8) is 0 Å². The second-order valence-corrected chi connectivity index (χ2v) is 4.06. The number of benzene rings is 1. The van der Waals surface area contributed by atoms with Crippen LogP contribution in [0.2, 0.25) is 0 Å². The Bertz CT molecular complexity index is 661. The van der Waals surface area contributed by atoms with E-state index in [0.717, 1.165) is 12.1 Å². The first-order chi connectivity index (χ1) is 9.34. The summed E-state index contributed by atoms with van der Waals surface area (Å²) in [6.45, 7) is 1.67. The van der Waals surface area contributed by atoms with Gasteiger partial charge in [-0.1, -0.05) is 5.16 Å². The first-order valence-electron chi connectivity index (χ1n) is 5.54. The number of nitrogens with two attached hydrogens (primary N) is 1. The van der Waals surface area contributed by atoms with Crippen molar-refractivity contribution in [3.8, 4) is 5.69 Å². The van der Waals surface area contributed by atoms with Crippen molar-refractivity contribution < 1.29 is 18.4 Å². The highest BCUT2D eigenvalue weighted by molar-refractivity contribution is 5.98. The smallest absolute Gasteiger partial charge is 0.409 e. The van der Waals surface area contributed by atoms with Gasteiger partial charge in [-0.3, -0.25) is 0 Å². The number of aryl methyl sites for hydroxylation is 1. The maximum Gasteiger partial charge on any atom is 0.417 e. The SMILES string of the molecule is Cc1nccn1-c1ccc(/C(N)=N/O)c(C(F)(F)F)c1. The Morgan fingerprint density at radius 1 is 1.40 bits per heavy atom. The highest BCUT2D eigenvalue weighted by Gasteiger charge is 2.34. The number of alkyl halides is 3. The average Bonchev–Trinajstić information content (AvgIpc) is 2.82. The Kier molecular flexibility index (Phi) is 3.39. The molecule has 2 aromatic rings. The van der Waals surface area contributed by atoms with E-state index < -0.39 is 17.6 Å². The van der Waals surface area contributed by atoms with Gasteiger partial charge in [-0.2, -0.15) is 13.2 Å². The van der Waals surface area contributed by atoms with Gasteiger partial charge in [0.25, 0.3) is 0 Å². The first-order valence-corrected chi connectivity index (χ1v) is 5.54. The second kappa shape index (κ2) is 4.87. The van der Waals surface area contributed by atoms with Crippen molar-refractivity contribution in [2.24, 2.45) is 10.9 Å². The van der Waals surface area contributed by atoms with E-state index in [4.69, 9.17) is 10.9 Å². The predicted octanol–water partition coefficient (Wildman–Crippen LogP) is 2.29. The molecule has 5 nitrogen and oxygen atoms in total. The lowest BCUT2D eigenvalue weighted by atomic mass is 10.0. The monoisotopic (exact) mass is 284 g/mol. The average molecular weight is 284 g/mol. The highest BCUT2D eigenvalue weighted by atomic mass is 19.4. The summed E-state index contributed by atoms with van der Waals surface area (Å²) >= 11 is 0. The zero-order valence-electron chi connectivity index (χ0n) is 10.4. The van der Waals surface area contributed by atoms with Gasteiger partial charge in [-0.15, -0.1) is 0 Å². The van der Waals surface area contributed by atoms with Gasteiger partial charge in [-0.25, -0.2) is 4.98 Å². The highest BCUT2D eigenvalue weighted by Crippen LogP contribution is 2.33. The fourth-order valence-electron chi connectivity index (χ4n) is 1.84. The largest absolute Gasteiger partial charge is 0.417 e. The lowest BCUT2D eigenvalue weighted by Gasteiger charge is -2.14. The maximum atomic E-state index is 13.1. The first kappa shape index (κ1) is 13.9. The third-order valence-corrected chi connectivity index (χ3v) is 2.80. The van der Waals surface area contributed by atoms with Crippen LogP contribution in [-0.2, 0) is 6.18 Å². The molecular weight excluding hydrogens is 273 g/mol. The van der Waals surface area contributed by atoms with Crippen LogP contribution >= 0.6 is 0 Å². The molecule has 20 heavy (non-hydrogen) atoms. The molecule has 0 saturated heterocycles. The Hall–Kier alpha value is -2.51. The van der Waals surface area contributed by atoms with E-state index in [1.54, 1.807) is 13.1 Å². The van der Waals surface area contributed by atoms with E-state index in [2.05, 4.69) is 10.1 Å². The number of imidazole rings is 1. The molecule has 106 valence electrons. The molecule has 0 radical (unpaired) electrons. The summed E-state index contributed by atoms with van der Waals surface area (Å²) in [4.78, 5) is 3.95. The predicted molar refractivity (Wildman–Crippen MR) is 65.8 cm³/mol. The molecule has 0 saturated carbocycles. The Morgan fingerprint density at radius 2 is 2.10 bits per heavy atom. The number of hydrogen-bond donors (Lipinski definition) is 2. The standard InChI is InChI=1S/C12H11F3N4O/c1-7-17-4-5-19(7)8-2-3-9(11(16)18-20)10(6-8)12(13,14)15/h2-6,20H,1H3,(H2,16,18). The molecule has 2 rings (SSSR count). The summed E-state index contributed by atoms with van der Waals surface area (Å²) < 4.78 is 40.7. The minimum atomic E-state index is -4.62. The van der Waals surface area contributed by atoms with Gasteiger partial charge in [0.05, 0.1) is 5.56 Å². The number of nitrogens with zero attached hydrogens (tertiary/aromatic N) is 3. The molecule has 1 aromatic heterocycles. The molecule has 8 heteroatoms. The third-order valence-electron chi connectivity index (χ3n) is 2.80. The van der Waals surface area contributed by atoms with Gasteiger partial charge in [-0.05, 0) is 25.1 Å². The van der Waals surface area contributed by atoms with Crippen molar-refractivity contribution in [1.29, 1.82) is 0 Å². The van der Waals surface area contributed by atoms with Crippen LogP contribution in [0.4, 0.5) is 13.2 Å². The molecule has 1 heterocycles. The van der Waals surface area contributed by atoms with Crippen molar-refractivity contribution in [3.05, 3.63) is 47.5 Å². The van der Waals surface area contributed by atoms with Crippen molar-refractivity contribution in [1.82, 2.24) is 9.55 Å². The number of hydrogen-bond acceptors (Lipinski definition) is 3. The van der Waals surface area contributed by atoms with Crippen LogP contribution in [0.25, 0.3) is 5.69 Å². The summed E-state index contributed by atoms with van der Waals surface area (Å²) in [5, 5.41) is 11.2. The molecule has 0 spiro atoms. The lowest BCUT2D eigenvalue weighted by molar-refractivity contribution is -0.137. The molecule has 0 aliphatic rings. The molecule has 1 aromatic carbocycles. The van der Waals surface area contributed by atoms with E-state index in [-0.39, 0.29) is 5.56 Å². The summed E-state index contributed by atoms with van der Waals surface area (Å²) in [5.41, 5.74) is 4.22. The number of amidine groups is 1. The maximum absolute atomic E-state index is 13.1. The summed E-state index contributed by atoms with van der Waals surface area (Å²) in [7, 11) is 0. The molecular formula is C12H11F3N4O. The lowest BCUT2D eigenvalue weighted by Crippen LogP contribution is -2.20. The number of rotatable bonds is 2. The van der Waals surface area contributed by atoms with Crippen LogP contribution in [0.5, 0.6) is 0 Å². The van der Waals surface area contributed by atoms with Crippen LogP contribution in [0, 0.1) is 6.92 Å². The van der Waals surface area contributed by atoms with Gasteiger partial charge in [0.15, 0.2) is 5.84 Å². The molecule has 3 N–H and O–H groups in total. The fourth-order valence-corrected chi connectivity index (χ4v) is 1.84. The van der Waals surface area contributed by atoms with Crippen LogP contribution in [0.1, 0.15) is 17.0 Å². The Balaban J connectivity index is 2.64. The fraction of sp³-hybridized carbons (Fsp3) is 0.167. The Labute approximate surface area is 112 Å². The molecule has 0 fully saturated rings. The topological polar surface area (TPSA) is 76.4 Å². The van der Waals surface area contributed by atoms with Crippen LogP contribution in [0.3, 0.4) is 0 Å². The third kappa shape index (κ3) is 2.44. The van der Waals surface area contributed by atoms with Crippen LogP contribution in [-0.4, -0.2) is 20.6 Å².